The Hall–Kier alpha value is 0.270. The summed E-state index contributed by atoms with van der Waals surface area (Å²) < 4.78 is 4.91. The third-order valence-electron chi connectivity index (χ3n) is 0.539. The predicted molar refractivity (Wildman–Crippen MR) is 31.4 cm³/mol. The zero-order valence-electron chi connectivity index (χ0n) is 4.39. The Morgan fingerprint density at radius 2 is 2.29 bits per heavy atom. The number of hydrogen-bond donors (Lipinski definition) is 1. The fourth-order valence-corrected chi connectivity index (χ4v) is 0.884. The summed E-state index contributed by atoms with van der Waals surface area (Å²) in [6, 6.07) is 0. The molecule has 0 bridgehead atoms. The van der Waals surface area contributed by atoms with Gasteiger partial charge in [-0.25, -0.2) is 0 Å². The Kier molecular flexibility index (Phi) is 6.51. The van der Waals surface area contributed by atoms with Crippen molar-refractivity contribution in [2.45, 2.75) is 0 Å². The second-order valence-corrected chi connectivity index (χ2v) is 1.99. The van der Waals surface area contributed by atoms with Crippen LogP contribution in [0.25, 0.3) is 0 Å². The lowest BCUT2D eigenvalue weighted by molar-refractivity contribution is 0.217. The van der Waals surface area contributed by atoms with E-state index in [2.05, 4.69) is 0 Å². The number of aliphatic hydroxyl groups excluding tert-OH is 1. The van der Waals surface area contributed by atoms with Crippen molar-refractivity contribution in [3.8, 4) is 0 Å². The van der Waals surface area contributed by atoms with Gasteiger partial charge in [0, 0.05) is 12.9 Å². The summed E-state index contributed by atoms with van der Waals surface area (Å²) in [7, 11) is 1.00. The van der Waals surface area contributed by atoms with E-state index in [0.717, 1.165) is 19.7 Å². The van der Waals surface area contributed by atoms with E-state index < -0.39 is 0 Å². The summed E-state index contributed by atoms with van der Waals surface area (Å²) in [4.78, 5) is 0. The Morgan fingerprint density at radius 3 is 2.43 bits per heavy atom. The average Bonchev–Trinajstić information content (AvgIpc) is 2.23. The summed E-state index contributed by atoms with van der Waals surface area (Å²) in [6.07, 6.45) is 0. The second-order valence-electron chi connectivity index (χ2n) is 0.934. The number of thioether (sulfide) groups is 1. The van der Waals surface area contributed by atoms with Gasteiger partial charge in [0.05, 0.1) is 12.5 Å². The Labute approximate surface area is 47.9 Å². The number of aliphatic hydroxyl groups is 1. The van der Waals surface area contributed by atoms with Gasteiger partial charge in [-0.2, -0.15) is 0 Å². The summed E-state index contributed by atoms with van der Waals surface area (Å²) in [5, 5.41) is 7.00. The molecule has 1 aliphatic rings. The molecule has 0 unspecified atom stereocenters. The lowest BCUT2D eigenvalue weighted by Crippen LogP contribution is -1.77. The first-order valence-corrected chi connectivity index (χ1v) is 3.26. The topological polar surface area (TPSA) is 29.5 Å². The Balaban J connectivity index is 0.000000162. The fourth-order valence-electron chi connectivity index (χ4n) is 0.295. The molecule has 3 heteroatoms. The van der Waals surface area contributed by atoms with Crippen LogP contribution in [0.2, 0.25) is 0 Å². The molecule has 1 fully saturated rings. The minimum Gasteiger partial charge on any atom is -0.400 e. The van der Waals surface area contributed by atoms with Gasteiger partial charge in [-0.3, -0.25) is 0 Å². The Bertz CT molecular complexity index is 21.3. The third-order valence-corrected chi connectivity index (χ3v) is 1.33. The van der Waals surface area contributed by atoms with Gasteiger partial charge in [0.25, 0.3) is 0 Å². The van der Waals surface area contributed by atoms with Crippen molar-refractivity contribution >= 4 is 11.8 Å². The maximum Gasteiger partial charge on any atom is 0.0922 e. The highest BCUT2D eigenvalue weighted by molar-refractivity contribution is 7.99. The van der Waals surface area contributed by atoms with E-state index in [4.69, 9.17) is 9.84 Å². The summed E-state index contributed by atoms with van der Waals surface area (Å²) in [5.41, 5.74) is 0. The van der Waals surface area contributed by atoms with Crippen LogP contribution in [-0.4, -0.2) is 30.5 Å². The minimum absolute atomic E-state index is 0.917. The summed E-state index contributed by atoms with van der Waals surface area (Å²) in [5.74, 6) is 2.11. The first kappa shape index (κ1) is 7.27. The molecule has 44 valence electrons. The highest BCUT2D eigenvalue weighted by atomic mass is 32.2. The van der Waals surface area contributed by atoms with Gasteiger partial charge in [-0.15, -0.1) is 11.8 Å². The van der Waals surface area contributed by atoms with Gasteiger partial charge >= 0.3 is 0 Å². The maximum absolute atomic E-state index is 7.00. The molecule has 0 saturated carbocycles. The van der Waals surface area contributed by atoms with Gasteiger partial charge in [0.1, 0.15) is 0 Å². The van der Waals surface area contributed by atoms with Crippen molar-refractivity contribution in [2.24, 2.45) is 0 Å². The molecule has 1 aliphatic heterocycles. The van der Waals surface area contributed by atoms with Crippen molar-refractivity contribution < 1.29 is 9.84 Å². The van der Waals surface area contributed by atoms with Crippen molar-refractivity contribution in [3.05, 3.63) is 0 Å². The summed E-state index contributed by atoms with van der Waals surface area (Å²) >= 11 is 1.85. The zero-order valence-corrected chi connectivity index (χ0v) is 5.20. The first-order chi connectivity index (χ1) is 3.50. The SMILES string of the molecule is C1CSCO1.CO. The van der Waals surface area contributed by atoms with Crippen molar-refractivity contribution in [3.63, 3.8) is 0 Å². The molecule has 0 amide bonds. The van der Waals surface area contributed by atoms with Crippen LogP contribution in [-0.2, 0) is 4.74 Å². The van der Waals surface area contributed by atoms with Crippen LogP contribution in [0.15, 0.2) is 0 Å². The van der Waals surface area contributed by atoms with E-state index >= 15 is 0 Å². The number of ether oxygens (including phenoxy) is 1. The molecule has 0 spiro atoms. The Morgan fingerprint density at radius 1 is 1.57 bits per heavy atom. The van der Waals surface area contributed by atoms with E-state index in [1.165, 1.54) is 5.75 Å². The molecular weight excluding hydrogens is 112 g/mol. The molecule has 1 saturated heterocycles. The van der Waals surface area contributed by atoms with E-state index in [1.54, 1.807) is 0 Å². The first-order valence-electron chi connectivity index (χ1n) is 2.10. The van der Waals surface area contributed by atoms with Gasteiger partial charge in [-0.05, 0) is 0 Å². The van der Waals surface area contributed by atoms with Crippen LogP contribution in [0.4, 0.5) is 0 Å². The van der Waals surface area contributed by atoms with Crippen LogP contribution < -0.4 is 0 Å². The van der Waals surface area contributed by atoms with Gasteiger partial charge in [-0.1, -0.05) is 0 Å². The number of hydrogen-bond acceptors (Lipinski definition) is 3. The zero-order chi connectivity index (χ0) is 5.54. The monoisotopic (exact) mass is 122 g/mol. The van der Waals surface area contributed by atoms with Gasteiger partial charge < -0.3 is 9.84 Å². The van der Waals surface area contributed by atoms with Crippen LogP contribution in [0.5, 0.6) is 0 Å². The lowest BCUT2D eigenvalue weighted by Gasteiger charge is -1.75. The standard InChI is InChI=1S/C3H6OS.CH4O/c1-2-5-3-4-1;1-2/h1-3H2;2H,1H3. The predicted octanol–water partition coefficient (Wildman–Crippen LogP) is 0.316. The highest BCUT2D eigenvalue weighted by Gasteiger charge is 1.94. The van der Waals surface area contributed by atoms with E-state index in [1.807, 2.05) is 11.8 Å². The molecule has 0 radical (unpaired) electrons. The average molecular weight is 122 g/mol. The molecule has 2 nitrogen and oxygen atoms in total. The molecule has 0 atom stereocenters. The maximum atomic E-state index is 7.00. The molecule has 0 aromatic rings. The lowest BCUT2D eigenvalue weighted by atomic mass is 10.9. The minimum atomic E-state index is 0.917. The van der Waals surface area contributed by atoms with Crippen LogP contribution in [0.3, 0.4) is 0 Å². The van der Waals surface area contributed by atoms with Crippen LogP contribution >= 0.6 is 11.8 Å². The molecule has 0 aliphatic carbocycles. The van der Waals surface area contributed by atoms with E-state index in [-0.39, 0.29) is 0 Å². The third kappa shape index (κ3) is 4.12. The van der Waals surface area contributed by atoms with Crippen molar-refractivity contribution in [1.82, 2.24) is 0 Å². The fraction of sp³-hybridized carbons (Fsp3) is 1.00. The van der Waals surface area contributed by atoms with Crippen LogP contribution in [0.1, 0.15) is 0 Å². The molecule has 1 rings (SSSR count). The largest absolute Gasteiger partial charge is 0.400 e. The molecular formula is C4H10O2S. The summed E-state index contributed by atoms with van der Waals surface area (Å²) in [6.45, 7) is 0.963. The highest BCUT2D eigenvalue weighted by Crippen LogP contribution is 2.06. The van der Waals surface area contributed by atoms with Gasteiger partial charge in [0.15, 0.2) is 0 Å². The second kappa shape index (κ2) is 6.27. The van der Waals surface area contributed by atoms with Crippen LogP contribution in [0, 0.1) is 0 Å². The normalized spacial score (nSPS) is 18.0. The van der Waals surface area contributed by atoms with Crippen molar-refractivity contribution in [1.29, 1.82) is 0 Å². The van der Waals surface area contributed by atoms with E-state index in [9.17, 15) is 0 Å². The number of rotatable bonds is 0. The molecule has 1 heterocycles. The van der Waals surface area contributed by atoms with Gasteiger partial charge in [0.2, 0.25) is 0 Å². The quantitative estimate of drug-likeness (QED) is 0.501. The molecule has 0 aromatic carbocycles. The molecule has 0 aromatic heterocycles. The smallest absolute Gasteiger partial charge is 0.0922 e. The van der Waals surface area contributed by atoms with E-state index in [0.29, 0.717) is 0 Å². The van der Waals surface area contributed by atoms with Crippen molar-refractivity contribution in [2.75, 3.05) is 25.4 Å². The molecule has 1 N–H and O–H groups in total. The molecule has 7 heavy (non-hydrogen) atoms.